The van der Waals surface area contributed by atoms with Crippen molar-refractivity contribution in [1.82, 2.24) is 10.3 Å². The lowest BCUT2D eigenvalue weighted by atomic mass is 9.91. The van der Waals surface area contributed by atoms with Gasteiger partial charge in [-0.15, -0.1) is 11.3 Å². The molecule has 108 valence electrons. The van der Waals surface area contributed by atoms with Crippen LogP contribution in [0.3, 0.4) is 0 Å². The predicted octanol–water partition coefficient (Wildman–Crippen LogP) is 5.24. The van der Waals surface area contributed by atoms with Gasteiger partial charge >= 0.3 is 0 Å². The van der Waals surface area contributed by atoms with Crippen LogP contribution in [0.2, 0.25) is 5.02 Å². The number of hydrogen-bond acceptors (Lipinski definition) is 3. The molecule has 0 atom stereocenters. The van der Waals surface area contributed by atoms with Crippen LogP contribution in [0.1, 0.15) is 31.3 Å². The SMILES string of the molecule is CNCc1sc(-c2ccc(Cl)c(Br)c2)nc1C(C)(C)C. The predicted molar refractivity (Wildman–Crippen MR) is 91.7 cm³/mol. The van der Waals surface area contributed by atoms with E-state index in [0.717, 1.165) is 32.3 Å². The summed E-state index contributed by atoms with van der Waals surface area (Å²) in [6, 6.07) is 5.94. The van der Waals surface area contributed by atoms with Gasteiger partial charge in [-0.25, -0.2) is 4.98 Å². The Morgan fingerprint density at radius 1 is 1.35 bits per heavy atom. The van der Waals surface area contributed by atoms with Crippen molar-refractivity contribution in [1.29, 1.82) is 0 Å². The molecule has 5 heteroatoms. The standard InChI is InChI=1S/C15H18BrClN2S/c1-15(2,3)13-12(8-18-4)20-14(19-13)9-5-6-11(17)10(16)7-9/h5-7,18H,8H2,1-4H3. The molecule has 0 aliphatic carbocycles. The molecule has 0 aliphatic rings. The Balaban J connectivity index is 2.49. The molecule has 20 heavy (non-hydrogen) atoms. The summed E-state index contributed by atoms with van der Waals surface area (Å²) in [4.78, 5) is 6.15. The molecule has 0 saturated carbocycles. The molecule has 0 bridgehead atoms. The third-order valence-corrected chi connectivity index (χ3v) is 5.23. The maximum absolute atomic E-state index is 6.05. The zero-order valence-electron chi connectivity index (χ0n) is 12.1. The monoisotopic (exact) mass is 372 g/mol. The van der Waals surface area contributed by atoms with Crippen LogP contribution < -0.4 is 5.32 Å². The molecule has 1 heterocycles. The molecular formula is C15H18BrClN2S. The molecule has 0 unspecified atom stereocenters. The summed E-state index contributed by atoms with van der Waals surface area (Å²) in [5, 5.41) is 4.98. The largest absolute Gasteiger partial charge is 0.315 e. The van der Waals surface area contributed by atoms with Gasteiger partial charge in [-0.3, -0.25) is 0 Å². The molecule has 2 aromatic rings. The van der Waals surface area contributed by atoms with Crippen molar-refractivity contribution in [3.05, 3.63) is 38.3 Å². The summed E-state index contributed by atoms with van der Waals surface area (Å²) < 4.78 is 0.902. The summed E-state index contributed by atoms with van der Waals surface area (Å²) in [7, 11) is 1.96. The number of benzene rings is 1. The average Bonchev–Trinajstić information content (AvgIpc) is 2.77. The van der Waals surface area contributed by atoms with Crippen LogP contribution in [0.4, 0.5) is 0 Å². The van der Waals surface area contributed by atoms with E-state index in [4.69, 9.17) is 16.6 Å². The van der Waals surface area contributed by atoms with Gasteiger partial charge < -0.3 is 5.32 Å². The van der Waals surface area contributed by atoms with E-state index in [1.165, 1.54) is 4.88 Å². The van der Waals surface area contributed by atoms with Gasteiger partial charge in [-0.2, -0.15) is 0 Å². The molecular weight excluding hydrogens is 356 g/mol. The van der Waals surface area contributed by atoms with Gasteiger partial charge in [-0.05, 0) is 35.1 Å². The molecule has 0 fully saturated rings. The van der Waals surface area contributed by atoms with Crippen molar-refractivity contribution in [3.8, 4) is 10.6 Å². The number of hydrogen-bond donors (Lipinski definition) is 1. The van der Waals surface area contributed by atoms with Gasteiger partial charge in [0.25, 0.3) is 0 Å². The molecule has 0 radical (unpaired) electrons. The lowest BCUT2D eigenvalue weighted by Gasteiger charge is -2.17. The Morgan fingerprint density at radius 3 is 2.60 bits per heavy atom. The Kier molecular flexibility index (Phi) is 4.90. The lowest BCUT2D eigenvalue weighted by Crippen LogP contribution is -2.16. The molecule has 0 aliphatic heterocycles. The number of aromatic nitrogens is 1. The average molecular weight is 374 g/mol. The highest BCUT2D eigenvalue weighted by Crippen LogP contribution is 2.36. The highest BCUT2D eigenvalue weighted by Gasteiger charge is 2.23. The van der Waals surface area contributed by atoms with E-state index < -0.39 is 0 Å². The third kappa shape index (κ3) is 3.42. The normalized spacial score (nSPS) is 11.9. The van der Waals surface area contributed by atoms with Gasteiger partial charge in [0.2, 0.25) is 0 Å². The van der Waals surface area contributed by atoms with Crippen molar-refractivity contribution in [2.45, 2.75) is 32.7 Å². The van der Waals surface area contributed by atoms with Crippen LogP contribution >= 0.6 is 38.9 Å². The molecule has 0 spiro atoms. The Bertz CT molecular complexity index is 617. The van der Waals surface area contributed by atoms with Crippen LogP contribution in [-0.2, 0) is 12.0 Å². The summed E-state index contributed by atoms with van der Waals surface area (Å²) >= 11 is 11.3. The smallest absolute Gasteiger partial charge is 0.123 e. The minimum absolute atomic E-state index is 0.0462. The molecule has 0 saturated heterocycles. The maximum Gasteiger partial charge on any atom is 0.123 e. The van der Waals surface area contributed by atoms with Crippen LogP contribution in [0, 0.1) is 0 Å². The minimum Gasteiger partial charge on any atom is -0.315 e. The zero-order valence-corrected chi connectivity index (χ0v) is 15.2. The summed E-state index contributed by atoms with van der Waals surface area (Å²) in [5.41, 5.74) is 2.31. The van der Waals surface area contributed by atoms with E-state index in [1.54, 1.807) is 11.3 Å². The van der Waals surface area contributed by atoms with E-state index in [-0.39, 0.29) is 5.41 Å². The van der Waals surface area contributed by atoms with Gasteiger partial charge in [-0.1, -0.05) is 38.4 Å². The van der Waals surface area contributed by atoms with Crippen molar-refractivity contribution in [2.24, 2.45) is 0 Å². The molecule has 1 N–H and O–H groups in total. The first-order valence-electron chi connectivity index (χ1n) is 6.43. The second-order valence-electron chi connectivity index (χ2n) is 5.70. The highest BCUT2D eigenvalue weighted by molar-refractivity contribution is 9.10. The van der Waals surface area contributed by atoms with E-state index in [9.17, 15) is 0 Å². The van der Waals surface area contributed by atoms with Gasteiger partial charge in [0.15, 0.2) is 0 Å². The fourth-order valence-corrected chi connectivity index (χ4v) is 3.75. The van der Waals surface area contributed by atoms with Crippen LogP contribution in [0.5, 0.6) is 0 Å². The van der Waals surface area contributed by atoms with Gasteiger partial charge in [0.1, 0.15) is 5.01 Å². The highest BCUT2D eigenvalue weighted by atomic mass is 79.9. The number of thiazole rings is 1. The van der Waals surface area contributed by atoms with E-state index in [1.807, 2.05) is 25.2 Å². The number of nitrogens with one attached hydrogen (secondary N) is 1. The zero-order chi connectivity index (χ0) is 14.9. The summed E-state index contributed by atoms with van der Waals surface area (Å²) in [6.45, 7) is 7.44. The van der Waals surface area contributed by atoms with Crippen molar-refractivity contribution < 1.29 is 0 Å². The first-order valence-corrected chi connectivity index (χ1v) is 8.42. The van der Waals surface area contributed by atoms with Gasteiger partial charge in [0, 0.05) is 26.9 Å². The second-order valence-corrected chi connectivity index (χ2v) is 8.05. The number of rotatable bonds is 3. The Morgan fingerprint density at radius 2 is 2.05 bits per heavy atom. The molecule has 1 aromatic carbocycles. The summed E-state index contributed by atoms with van der Waals surface area (Å²) in [6.07, 6.45) is 0. The van der Waals surface area contributed by atoms with Crippen LogP contribution in [0.25, 0.3) is 10.6 Å². The van der Waals surface area contributed by atoms with Crippen LogP contribution in [-0.4, -0.2) is 12.0 Å². The number of nitrogens with zero attached hydrogens (tertiary/aromatic N) is 1. The quantitative estimate of drug-likeness (QED) is 0.795. The first-order chi connectivity index (χ1) is 9.32. The molecule has 2 nitrogen and oxygen atoms in total. The number of halogens is 2. The van der Waals surface area contributed by atoms with Crippen LogP contribution in [0.15, 0.2) is 22.7 Å². The fraction of sp³-hybridized carbons (Fsp3) is 0.400. The molecule has 0 amide bonds. The maximum atomic E-state index is 6.05. The molecule has 2 rings (SSSR count). The van der Waals surface area contributed by atoms with E-state index >= 15 is 0 Å². The molecule has 1 aromatic heterocycles. The van der Waals surface area contributed by atoms with E-state index in [2.05, 4.69) is 42.0 Å². The minimum atomic E-state index is 0.0462. The fourth-order valence-electron chi connectivity index (χ4n) is 1.97. The van der Waals surface area contributed by atoms with E-state index in [0.29, 0.717) is 0 Å². The van der Waals surface area contributed by atoms with Crippen molar-refractivity contribution >= 4 is 38.9 Å². The second kappa shape index (κ2) is 6.14. The Hall–Kier alpha value is -0.420. The van der Waals surface area contributed by atoms with Crippen molar-refractivity contribution in [3.63, 3.8) is 0 Å². The summed E-state index contributed by atoms with van der Waals surface area (Å²) in [5.74, 6) is 0. The first kappa shape index (κ1) is 16.0. The lowest BCUT2D eigenvalue weighted by molar-refractivity contribution is 0.563. The topological polar surface area (TPSA) is 24.9 Å². The Labute approximate surface area is 137 Å². The van der Waals surface area contributed by atoms with Crippen molar-refractivity contribution in [2.75, 3.05) is 7.05 Å². The van der Waals surface area contributed by atoms with Gasteiger partial charge in [0.05, 0.1) is 10.7 Å². The third-order valence-electron chi connectivity index (χ3n) is 2.91.